The van der Waals surface area contributed by atoms with Crippen molar-refractivity contribution in [1.82, 2.24) is 14.9 Å². The summed E-state index contributed by atoms with van der Waals surface area (Å²) in [5.41, 5.74) is 0. The van der Waals surface area contributed by atoms with Crippen LogP contribution in [0.15, 0.2) is 6.20 Å². The summed E-state index contributed by atoms with van der Waals surface area (Å²) >= 11 is 0. The minimum Gasteiger partial charge on any atom is -0.367 e. The van der Waals surface area contributed by atoms with Crippen LogP contribution in [0.5, 0.6) is 0 Å². The molecule has 1 aromatic heterocycles. The first-order chi connectivity index (χ1) is 9.19. The quantitative estimate of drug-likeness (QED) is 0.852. The van der Waals surface area contributed by atoms with Crippen LogP contribution in [-0.2, 0) is 0 Å². The summed E-state index contributed by atoms with van der Waals surface area (Å²) in [4.78, 5) is 10.4. The Morgan fingerprint density at radius 3 is 2.79 bits per heavy atom. The molecule has 1 fully saturated rings. The number of rotatable bonds is 5. The van der Waals surface area contributed by atoms with Gasteiger partial charge in [0.15, 0.2) is 11.6 Å². The molecule has 0 radical (unpaired) electrons. The number of hydrogen-bond acceptors (Lipinski definition) is 5. The van der Waals surface area contributed by atoms with E-state index in [2.05, 4.69) is 32.5 Å². The average Bonchev–Trinajstić information content (AvgIpc) is 2.41. The zero-order chi connectivity index (χ0) is 13.7. The van der Waals surface area contributed by atoms with Crippen molar-refractivity contribution in [3.05, 3.63) is 12.0 Å². The number of nitrogens with one attached hydrogen (secondary N) is 2. The molecule has 0 unspecified atom stereocenters. The highest BCUT2D eigenvalue weighted by Gasteiger charge is 2.17. The molecule has 106 valence electrons. The van der Waals surface area contributed by atoms with Gasteiger partial charge in [-0.25, -0.2) is 9.37 Å². The monoisotopic (exact) mass is 267 g/mol. The highest BCUT2D eigenvalue weighted by Crippen LogP contribution is 2.18. The van der Waals surface area contributed by atoms with Gasteiger partial charge in [-0.3, -0.25) is 0 Å². The second-order valence-electron chi connectivity index (χ2n) is 5.05. The van der Waals surface area contributed by atoms with E-state index in [4.69, 9.17) is 0 Å². The normalized spacial score (nSPS) is 17.4. The third kappa shape index (κ3) is 4.02. The van der Waals surface area contributed by atoms with Crippen molar-refractivity contribution in [3.8, 4) is 0 Å². The summed E-state index contributed by atoms with van der Waals surface area (Å²) < 4.78 is 13.6. The SMILES string of the molecule is CCNc1ncc(F)c(NCC2CCN(C)CC2)n1. The summed E-state index contributed by atoms with van der Waals surface area (Å²) in [6, 6.07) is 0. The number of piperidine rings is 1. The van der Waals surface area contributed by atoms with E-state index in [-0.39, 0.29) is 0 Å². The first-order valence-electron chi connectivity index (χ1n) is 6.88. The minimum atomic E-state index is -0.394. The molecule has 0 aromatic carbocycles. The third-order valence-electron chi connectivity index (χ3n) is 3.48. The van der Waals surface area contributed by atoms with E-state index in [0.29, 0.717) is 17.7 Å². The molecule has 2 N–H and O–H groups in total. The van der Waals surface area contributed by atoms with Crippen LogP contribution < -0.4 is 10.6 Å². The summed E-state index contributed by atoms with van der Waals surface area (Å²) in [6.45, 7) is 5.67. The molecule has 6 heteroatoms. The van der Waals surface area contributed by atoms with Crippen LogP contribution in [-0.4, -0.2) is 48.1 Å². The Hall–Kier alpha value is -1.43. The minimum absolute atomic E-state index is 0.296. The summed E-state index contributed by atoms with van der Waals surface area (Å²) in [5.74, 6) is 0.961. The maximum Gasteiger partial charge on any atom is 0.224 e. The topological polar surface area (TPSA) is 53.1 Å². The number of anilines is 2. The van der Waals surface area contributed by atoms with Gasteiger partial charge >= 0.3 is 0 Å². The van der Waals surface area contributed by atoms with Crippen molar-refractivity contribution in [2.75, 3.05) is 43.9 Å². The largest absolute Gasteiger partial charge is 0.367 e. The van der Waals surface area contributed by atoms with E-state index >= 15 is 0 Å². The highest BCUT2D eigenvalue weighted by atomic mass is 19.1. The fourth-order valence-electron chi connectivity index (χ4n) is 2.24. The Morgan fingerprint density at radius 2 is 2.11 bits per heavy atom. The van der Waals surface area contributed by atoms with E-state index in [1.807, 2.05) is 6.92 Å². The lowest BCUT2D eigenvalue weighted by molar-refractivity contribution is 0.226. The molecule has 5 nitrogen and oxygen atoms in total. The molecule has 0 atom stereocenters. The van der Waals surface area contributed by atoms with Gasteiger partial charge in [-0.2, -0.15) is 4.98 Å². The molecule has 19 heavy (non-hydrogen) atoms. The molecular weight excluding hydrogens is 245 g/mol. The van der Waals surface area contributed by atoms with Gasteiger partial charge in [0.1, 0.15) is 0 Å². The molecule has 0 saturated carbocycles. The van der Waals surface area contributed by atoms with Crippen LogP contribution in [0, 0.1) is 11.7 Å². The highest BCUT2D eigenvalue weighted by molar-refractivity contribution is 5.40. The van der Waals surface area contributed by atoms with Crippen LogP contribution in [0.1, 0.15) is 19.8 Å². The van der Waals surface area contributed by atoms with Crippen LogP contribution >= 0.6 is 0 Å². The van der Waals surface area contributed by atoms with Gasteiger partial charge in [-0.05, 0) is 45.8 Å². The van der Waals surface area contributed by atoms with Crippen molar-refractivity contribution in [1.29, 1.82) is 0 Å². The Balaban J connectivity index is 1.89. The fraction of sp³-hybridized carbons (Fsp3) is 0.692. The van der Waals surface area contributed by atoms with E-state index < -0.39 is 5.82 Å². The van der Waals surface area contributed by atoms with Crippen molar-refractivity contribution in [2.24, 2.45) is 5.92 Å². The van der Waals surface area contributed by atoms with Crippen molar-refractivity contribution in [2.45, 2.75) is 19.8 Å². The lowest BCUT2D eigenvalue weighted by atomic mass is 9.97. The molecular formula is C13H22FN5. The molecule has 1 saturated heterocycles. The van der Waals surface area contributed by atoms with E-state index in [0.717, 1.165) is 39.0 Å². The Labute approximate surface area is 113 Å². The first kappa shape index (κ1) is 14.0. The first-order valence-corrected chi connectivity index (χ1v) is 6.88. The number of hydrogen-bond donors (Lipinski definition) is 2. The Morgan fingerprint density at radius 1 is 1.37 bits per heavy atom. The second-order valence-corrected chi connectivity index (χ2v) is 5.05. The predicted octanol–water partition coefficient (Wildman–Crippen LogP) is 1.80. The summed E-state index contributed by atoms with van der Waals surface area (Å²) in [5, 5.41) is 6.09. The van der Waals surface area contributed by atoms with Gasteiger partial charge in [0, 0.05) is 13.1 Å². The van der Waals surface area contributed by atoms with Gasteiger partial charge in [0.05, 0.1) is 6.20 Å². The van der Waals surface area contributed by atoms with E-state index in [1.165, 1.54) is 6.20 Å². The average molecular weight is 267 g/mol. The Kier molecular flexibility index (Phi) is 4.90. The zero-order valence-corrected chi connectivity index (χ0v) is 11.6. The van der Waals surface area contributed by atoms with Gasteiger partial charge in [0.2, 0.25) is 5.95 Å². The molecule has 0 amide bonds. The standard InChI is InChI=1S/C13H22FN5/c1-3-15-13-17-9-11(14)12(18-13)16-8-10-4-6-19(2)7-5-10/h9-10H,3-8H2,1-2H3,(H2,15,16,17,18). The maximum atomic E-state index is 13.6. The van der Waals surface area contributed by atoms with Gasteiger partial charge in [-0.15, -0.1) is 0 Å². The molecule has 1 aromatic rings. The predicted molar refractivity (Wildman–Crippen MR) is 74.9 cm³/mol. The van der Waals surface area contributed by atoms with Crippen molar-refractivity contribution >= 4 is 11.8 Å². The molecule has 1 aliphatic heterocycles. The third-order valence-corrected chi connectivity index (χ3v) is 3.48. The molecule has 1 aliphatic rings. The van der Waals surface area contributed by atoms with Gasteiger partial charge in [-0.1, -0.05) is 0 Å². The smallest absolute Gasteiger partial charge is 0.224 e. The van der Waals surface area contributed by atoms with Gasteiger partial charge in [0.25, 0.3) is 0 Å². The van der Waals surface area contributed by atoms with E-state index in [9.17, 15) is 4.39 Å². The zero-order valence-electron chi connectivity index (χ0n) is 11.6. The summed E-state index contributed by atoms with van der Waals surface area (Å²) in [6.07, 6.45) is 3.51. The number of halogens is 1. The van der Waals surface area contributed by atoms with Crippen LogP contribution in [0.25, 0.3) is 0 Å². The molecule has 0 spiro atoms. The molecule has 2 heterocycles. The van der Waals surface area contributed by atoms with Crippen molar-refractivity contribution in [3.63, 3.8) is 0 Å². The van der Waals surface area contributed by atoms with Crippen LogP contribution in [0.3, 0.4) is 0 Å². The number of aromatic nitrogens is 2. The molecule has 0 bridgehead atoms. The maximum absolute atomic E-state index is 13.6. The second kappa shape index (κ2) is 6.65. The Bertz CT molecular complexity index is 404. The fourth-order valence-corrected chi connectivity index (χ4v) is 2.24. The van der Waals surface area contributed by atoms with Gasteiger partial charge < -0.3 is 15.5 Å². The lowest BCUT2D eigenvalue weighted by Crippen LogP contribution is -2.33. The van der Waals surface area contributed by atoms with E-state index in [1.54, 1.807) is 0 Å². The van der Waals surface area contributed by atoms with Crippen molar-refractivity contribution < 1.29 is 4.39 Å². The molecule has 2 rings (SSSR count). The number of likely N-dealkylation sites (tertiary alicyclic amines) is 1. The number of nitrogens with zero attached hydrogens (tertiary/aromatic N) is 3. The molecule has 0 aliphatic carbocycles. The summed E-state index contributed by atoms with van der Waals surface area (Å²) in [7, 11) is 2.14. The lowest BCUT2D eigenvalue weighted by Gasteiger charge is -2.29. The van der Waals surface area contributed by atoms with Crippen LogP contribution in [0.4, 0.5) is 16.2 Å². The van der Waals surface area contributed by atoms with Crippen LogP contribution in [0.2, 0.25) is 0 Å².